The number of ether oxygens (including phenoxy) is 1. The Balaban J connectivity index is 1.79. The topological polar surface area (TPSA) is 58.5 Å². The normalized spacial score (nSPS) is 15.3. The number of nitrogens with zero attached hydrogens (tertiary/aromatic N) is 2. The third-order valence-corrected chi connectivity index (χ3v) is 2.88. The predicted molar refractivity (Wildman–Crippen MR) is 71.7 cm³/mol. The van der Waals surface area contributed by atoms with E-state index in [1.54, 1.807) is 7.05 Å². The highest BCUT2D eigenvalue weighted by Crippen LogP contribution is 2.29. The van der Waals surface area contributed by atoms with Gasteiger partial charge in [0, 0.05) is 32.9 Å². The van der Waals surface area contributed by atoms with Crippen LogP contribution in [0.3, 0.4) is 0 Å². The van der Waals surface area contributed by atoms with Crippen LogP contribution < -0.4 is 15.4 Å². The largest absolute Gasteiger partial charge is 0.477 e. The number of guanidine groups is 1. The summed E-state index contributed by atoms with van der Waals surface area (Å²) < 4.78 is 5.59. The Morgan fingerprint density at radius 2 is 2.33 bits per heavy atom. The fourth-order valence-corrected chi connectivity index (χ4v) is 1.55. The van der Waals surface area contributed by atoms with Crippen molar-refractivity contribution in [2.24, 2.45) is 10.9 Å². The van der Waals surface area contributed by atoms with E-state index in [1.807, 2.05) is 25.4 Å². The van der Waals surface area contributed by atoms with Crippen molar-refractivity contribution < 1.29 is 4.74 Å². The van der Waals surface area contributed by atoms with E-state index in [0.29, 0.717) is 12.4 Å². The van der Waals surface area contributed by atoms with E-state index < -0.39 is 0 Å². The molecule has 5 nitrogen and oxygen atoms in total. The second-order valence-corrected chi connectivity index (χ2v) is 4.43. The number of rotatable bonds is 5. The highest BCUT2D eigenvalue weighted by atomic mass is 16.5. The van der Waals surface area contributed by atoms with Crippen molar-refractivity contribution in [3.05, 3.63) is 23.9 Å². The zero-order valence-electron chi connectivity index (χ0n) is 10.9. The Labute approximate surface area is 108 Å². The van der Waals surface area contributed by atoms with Gasteiger partial charge in [-0.05, 0) is 24.3 Å². The molecule has 0 amide bonds. The maximum Gasteiger partial charge on any atom is 0.213 e. The second kappa shape index (κ2) is 6.23. The minimum absolute atomic E-state index is 0.698. The van der Waals surface area contributed by atoms with Gasteiger partial charge < -0.3 is 15.4 Å². The molecule has 1 saturated carbocycles. The molecule has 0 saturated heterocycles. The van der Waals surface area contributed by atoms with E-state index in [2.05, 4.69) is 20.6 Å². The smallest absolute Gasteiger partial charge is 0.213 e. The van der Waals surface area contributed by atoms with Gasteiger partial charge in [-0.1, -0.05) is 6.07 Å². The Morgan fingerprint density at radius 1 is 1.50 bits per heavy atom. The van der Waals surface area contributed by atoms with Crippen LogP contribution in [0.1, 0.15) is 18.4 Å². The molecule has 5 heteroatoms. The van der Waals surface area contributed by atoms with Crippen LogP contribution in [0.15, 0.2) is 23.3 Å². The molecular weight excluding hydrogens is 228 g/mol. The molecule has 0 aromatic carbocycles. The van der Waals surface area contributed by atoms with Gasteiger partial charge in [0.2, 0.25) is 5.88 Å². The number of nitrogens with one attached hydrogen (secondary N) is 2. The minimum Gasteiger partial charge on any atom is -0.477 e. The van der Waals surface area contributed by atoms with E-state index in [9.17, 15) is 0 Å². The summed E-state index contributed by atoms with van der Waals surface area (Å²) in [5.74, 6) is 2.24. The Bertz CT molecular complexity index is 398. The zero-order valence-corrected chi connectivity index (χ0v) is 10.9. The van der Waals surface area contributed by atoms with Crippen molar-refractivity contribution in [2.45, 2.75) is 19.4 Å². The molecule has 1 aliphatic carbocycles. The maximum absolute atomic E-state index is 5.59. The maximum atomic E-state index is 5.59. The summed E-state index contributed by atoms with van der Waals surface area (Å²) in [6.07, 6.45) is 4.43. The molecule has 1 fully saturated rings. The number of hydrogen-bond acceptors (Lipinski definition) is 3. The van der Waals surface area contributed by atoms with Gasteiger partial charge in [0.15, 0.2) is 5.96 Å². The fourth-order valence-electron chi connectivity index (χ4n) is 1.55. The lowest BCUT2D eigenvalue weighted by Crippen LogP contribution is -2.34. The van der Waals surface area contributed by atoms with Crippen molar-refractivity contribution in [1.29, 1.82) is 0 Å². The van der Waals surface area contributed by atoms with Gasteiger partial charge in [0.25, 0.3) is 0 Å². The minimum atomic E-state index is 0.698. The number of pyridine rings is 1. The molecular formula is C13H20N4O. The fraction of sp³-hybridized carbons (Fsp3) is 0.538. The van der Waals surface area contributed by atoms with Crippen LogP contribution in [-0.4, -0.2) is 31.6 Å². The first-order chi connectivity index (χ1) is 8.81. The molecule has 2 N–H and O–H groups in total. The lowest BCUT2D eigenvalue weighted by atomic mass is 10.3. The Kier molecular flexibility index (Phi) is 4.39. The van der Waals surface area contributed by atoms with Gasteiger partial charge in [-0.3, -0.25) is 4.99 Å². The molecule has 0 unspecified atom stereocenters. The quantitative estimate of drug-likeness (QED) is 0.606. The van der Waals surface area contributed by atoms with Crippen LogP contribution >= 0.6 is 0 Å². The summed E-state index contributed by atoms with van der Waals surface area (Å²) in [7, 11) is 3.58. The van der Waals surface area contributed by atoms with Crippen molar-refractivity contribution in [3.8, 4) is 5.88 Å². The van der Waals surface area contributed by atoms with E-state index >= 15 is 0 Å². The summed E-state index contributed by atoms with van der Waals surface area (Å²) in [5, 5.41) is 6.14. The molecule has 1 aromatic heterocycles. The average molecular weight is 248 g/mol. The van der Waals surface area contributed by atoms with Crippen LogP contribution in [0.25, 0.3) is 0 Å². The van der Waals surface area contributed by atoms with E-state index in [1.165, 1.54) is 12.8 Å². The third kappa shape index (κ3) is 3.91. The molecule has 1 heterocycles. The van der Waals surface area contributed by atoms with Crippen LogP contribution in [0, 0.1) is 5.92 Å². The van der Waals surface area contributed by atoms with Gasteiger partial charge in [-0.15, -0.1) is 0 Å². The first kappa shape index (κ1) is 12.7. The molecule has 0 radical (unpaired) electrons. The molecule has 2 rings (SSSR count). The molecule has 0 bridgehead atoms. The lowest BCUT2D eigenvalue weighted by molar-refractivity contribution is 0.288. The van der Waals surface area contributed by atoms with E-state index in [-0.39, 0.29) is 0 Å². The summed E-state index contributed by atoms with van der Waals surface area (Å²) in [5.41, 5.74) is 1.10. The van der Waals surface area contributed by atoms with Crippen LogP contribution in [-0.2, 0) is 6.54 Å². The predicted octanol–water partition coefficient (Wildman–Crippen LogP) is 1.17. The standard InChI is InChI=1S/C13H20N4O/c1-14-13(15-2)17-8-11-5-6-12(16-7-11)18-9-10-3-4-10/h5-7,10H,3-4,8-9H2,1-2H3,(H2,14,15,17). The number of hydrogen-bond donors (Lipinski definition) is 2. The molecule has 0 aliphatic heterocycles. The summed E-state index contributed by atoms with van der Waals surface area (Å²) in [6.45, 7) is 1.50. The van der Waals surface area contributed by atoms with E-state index in [0.717, 1.165) is 24.0 Å². The molecule has 98 valence electrons. The van der Waals surface area contributed by atoms with Gasteiger partial charge in [0.1, 0.15) is 0 Å². The van der Waals surface area contributed by atoms with Crippen LogP contribution in [0.5, 0.6) is 5.88 Å². The molecule has 18 heavy (non-hydrogen) atoms. The van der Waals surface area contributed by atoms with Crippen molar-refractivity contribution in [1.82, 2.24) is 15.6 Å². The first-order valence-corrected chi connectivity index (χ1v) is 6.28. The number of aromatic nitrogens is 1. The zero-order chi connectivity index (χ0) is 12.8. The summed E-state index contributed by atoms with van der Waals surface area (Å²) >= 11 is 0. The van der Waals surface area contributed by atoms with Crippen LogP contribution in [0.2, 0.25) is 0 Å². The Morgan fingerprint density at radius 3 is 2.89 bits per heavy atom. The van der Waals surface area contributed by atoms with Gasteiger partial charge >= 0.3 is 0 Å². The van der Waals surface area contributed by atoms with Crippen LogP contribution in [0.4, 0.5) is 0 Å². The monoisotopic (exact) mass is 248 g/mol. The van der Waals surface area contributed by atoms with Crippen molar-refractivity contribution in [3.63, 3.8) is 0 Å². The molecule has 1 aliphatic rings. The highest BCUT2D eigenvalue weighted by Gasteiger charge is 2.21. The Hall–Kier alpha value is -1.78. The number of aliphatic imine (C=N–C) groups is 1. The summed E-state index contributed by atoms with van der Waals surface area (Å²) in [4.78, 5) is 8.33. The van der Waals surface area contributed by atoms with Crippen molar-refractivity contribution in [2.75, 3.05) is 20.7 Å². The highest BCUT2D eigenvalue weighted by molar-refractivity contribution is 5.79. The van der Waals surface area contributed by atoms with Gasteiger partial charge in [-0.2, -0.15) is 0 Å². The lowest BCUT2D eigenvalue weighted by Gasteiger charge is -2.09. The first-order valence-electron chi connectivity index (χ1n) is 6.28. The summed E-state index contributed by atoms with van der Waals surface area (Å²) in [6, 6.07) is 3.94. The third-order valence-electron chi connectivity index (χ3n) is 2.88. The molecule has 0 spiro atoms. The molecule has 1 aromatic rings. The SMILES string of the molecule is CN=C(NC)NCc1ccc(OCC2CC2)nc1. The van der Waals surface area contributed by atoms with E-state index in [4.69, 9.17) is 4.74 Å². The van der Waals surface area contributed by atoms with Crippen molar-refractivity contribution >= 4 is 5.96 Å². The average Bonchev–Trinajstić information content (AvgIpc) is 3.23. The molecule has 0 atom stereocenters. The van der Waals surface area contributed by atoms with Gasteiger partial charge in [-0.25, -0.2) is 4.98 Å². The van der Waals surface area contributed by atoms with Gasteiger partial charge in [0.05, 0.1) is 6.61 Å². The second-order valence-electron chi connectivity index (χ2n) is 4.43.